The maximum atomic E-state index is 5.74. The van der Waals surface area contributed by atoms with Gasteiger partial charge in [0.1, 0.15) is 11.5 Å². The lowest BCUT2D eigenvalue weighted by Gasteiger charge is -2.11. The van der Waals surface area contributed by atoms with Crippen LogP contribution in [-0.2, 0) is 0 Å². The fraction of sp³-hybridized carbons (Fsp3) is 0.308. The summed E-state index contributed by atoms with van der Waals surface area (Å²) in [6.45, 7) is 0.488. The number of hydrogen-bond acceptors (Lipinski definition) is 3. The molecule has 18 heavy (non-hydrogen) atoms. The third kappa shape index (κ3) is 3.91. The smallest absolute Gasteiger partial charge is 0.193 e. The Kier molecular flexibility index (Phi) is 5.39. The Balaban J connectivity index is 2.81. The van der Waals surface area contributed by atoms with E-state index < -0.39 is 0 Å². The molecule has 0 aliphatic heterocycles. The van der Waals surface area contributed by atoms with E-state index in [2.05, 4.69) is 16.2 Å². The first-order valence-electron chi connectivity index (χ1n) is 5.43. The number of nitrogens with two attached hydrogens (primary N) is 1. The van der Waals surface area contributed by atoms with Crippen molar-refractivity contribution >= 4 is 11.6 Å². The van der Waals surface area contributed by atoms with E-state index in [4.69, 9.17) is 21.6 Å². The molecule has 0 bridgehead atoms. The Morgan fingerprint density at radius 3 is 2.83 bits per heavy atom. The third-order valence-electron chi connectivity index (χ3n) is 2.21. The van der Waals surface area contributed by atoms with Gasteiger partial charge >= 0.3 is 0 Å². The summed E-state index contributed by atoms with van der Waals surface area (Å²) in [6, 6.07) is 5.37. The fourth-order valence-corrected chi connectivity index (χ4v) is 1.33. The summed E-state index contributed by atoms with van der Waals surface area (Å²) >= 11 is 0. The van der Waals surface area contributed by atoms with Crippen LogP contribution in [0.3, 0.4) is 0 Å². The minimum atomic E-state index is 0.289. The van der Waals surface area contributed by atoms with Crippen LogP contribution in [0, 0.1) is 12.3 Å². The van der Waals surface area contributed by atoms with Crippen molar-refractivity contribution in [3.8, 4) is 23.8 Å². The predicted molar refractivity (Wildman–Crippen MR) is 73.1 cm³/mol. The second-order valence-corrected chi connectivity index (χ2v) is 3.41. The third-order valence-corrected chi connectivity index (χ3v) is 2.21. The second kappa shape index (κ2) is 7.07. The summed E-state index contributed by atoms with van der Waals surface area (Å²) in [5, 5.41) is 2.95. The molecule has 0 aliphatic carbocycles. The van der Waals surface area contributed by atoms with Gasteiger partial charge in [0.2, 0.25) is 0 Å². The van der Waals surface area contributed by atoms with E-state index in [0.717, 1.165) is 0 Å². The largest absolute Gasteiger partial charge is 0.497 e. The second-order valence-electron chi connectivity index (χ2n) is 3.41. The van der Waals surface area contributed by atoms with E-state index in [9.17, 15) is 0 Å². The van der Waals surface area contributed by atoms with Gasteiger partial charge in [-0.15, -0.1) is 12.3 Å². The summed E-state index contributed by atoms with van der Waals surface area (Å²) in [6.07, 6.45) is 5.69. The summed E-state index contributed by atoms with van der Waals surface area (Å²) in [5.41, 5.74) is 6.43. The van der Waals surface area contributed by atoms with Gasteiger partial charge in [0, 0.05) is 12.5 Å². The molecule has 0 spiro atoms. The summed E-state index contributed by atoms with van der Waals surface area (Å²) in [5.74, 6) is 4.14. The van der Waals surface area contributed by atoms with Gasteiger partial charge < -0.3 is 20.5 Å². The number of methoxy groups -OCH3 is 2. The van der Waals surface area contributed by atoms with Crippen LogP contribution < -0.4 is 20.5 Å². The van der Waals surface area contributed by atoms with E-state index in [-0.39, 0.29) is 5.96 Å². The molecule has 3 N–H and O–H groups in total. The molecule has 0 radical (unpaired) electrons. The van der Waals surface area contributed by atoms with Crippen LogP contribution in [0.5, 0.6) is 11.5 Å². The number of aliphatic imine (C=N–C) groups is 1. The molecule has 0 aromatic heterocycles. The number of guanidine groups is 1. The molecule has 0 amide bonds. The zero-order chi connectivity index (χ0) is 13.4. The molecule has 0 unspecified atom stereocenters. The first-order valence-corrected chi connectivity index (χ1v) is 5.43. The number of ether oxygens (including phenoxy) is 2. The topological polar surface area (TPSA) is 68.9 Å². The Morgan fingerprint density at radius 1 is 1.44 bits per heavy atom. The number of anilines is 1. The summed E-state index contributed by atoms with van der Waals surface area (Å²) < 4.78 is 10.3. The minimum absolute atomic E-state index is 0.289. The van der Waals surface area contributed by atoms with Gasteiger partial charge in [-0.05, 0) is 12.1 Å². The Labute approximate surface area is 107 Å². The van der Waals surface area contributed by atoms with Crippen molar-refractivity contribution in [1.82, 2.24) is 0 Å². The zero-order valence-corrected chi connectivity index (χ0v) is 10.6. The van der Waals surface area contributed by atoms with Gasteiger partial charge in [0.25, 0.3) is 0 Å². The molecule has 1 aromatic carbocycles. The molecule has 0 saturated heterocycles. The highest BCUT2D eigenvalue weighted by molar-refractivity contribution is 5.94. The van der Waals surface area contributed by atoms with Gasteiger partial charge in [0.05, 0.1) is 26.5 Å². The van der Waals surface area contributed by atoms with Crippen LogP contribution in [0.15, 0.2) is 23.2 Å². The maximum absolute atomic E-state index is 5.74. The Morgan fingerprint density at radius 2 is 2.22 bits per heavy atom. The van der Waals surface area contributed by atoms with Gasteiger partial charge in [-0.2, -0.15) is 0 Å². The molecule has 5 heteroatoms. The Bertz CT molecular complexity index is 464. The first-order chi connectivity index (χ1) is 8.71. The van der Waals surface area contributed by atoms with E-state index >= 15 is 0 Å². The lowest BCUT2D eigenvalue weighted by atomic mass is 10.2. The quantitative estimate of drug-likeness (QED) is 0.358. The highest BCUT2D eigenvalue weighted by Crippen LogP contribution is 2.28. The lowest BCUT2D eigenvalue weighted by Crippen LogP contribution is -2.23. The van der Waals surface area contributed by atoms with E-state index in [1.807, 2.05) is 0 Å². The number of rotatable bonds is 5. The van der Waals surface area contributed by atoms with E-state index in [1.165, 1.54) is 0 Å². The monoisotopic (exact) mass is 247 g/mol. The van der Waals surface area contributed by atoms with Crippen molar-refractivity contribution in [2.24, 2.45) is 10.7 Å². The van der Waals surface area contributed by atoms with Crippen LogP contribution in [-0.4, -0.2) is 26.7 Å². The Hall–Kier alpha value is -2.35. The molecule has 1 aromatic rings. The average molecular weight is 247 g/mol. The standard InChI is InChI=1S/C13H17N3O2/c1-4-5-8-15-13(14)16-11-9-10(17-2)6-7-12(11)18-3/h1,6-7,9H,5,8H2,2-3H3,(H3,14,15,16). The molecule has 0 saturated carbocycles. The predicted octanol–water partition coefficient (Wildman–Crippen LogP) is 1.45. The first kappa shape index (κ1) is 13.7. The van der Waals surface area contributed by atoms with Gasteiger partial charge in [-0.25, -0.2) is 0 Å². The van der Waals surface area contributed by atoms with Crippen molar-refractivity contribution < 1.29 is 9.47 Å². The summed E-state index contributed by atoms with van der Waals surface area (Å²) in [4.78, 5) is 4.08. The SMILES string of the molecule is C#CCCN=C(N)Nc1cc(OC)ccc1OC. The maximum Gasteiger partial charge on any atom is 0.193 e. The van der Waals surface area contributed by atoms with Crippen molar-refractivity contribution in [1.29, 1.82) is 0 Å². The van der Waals surface area contributed by atoms with Crippen LogP contribution in [0.25, 0.3) is 0 Å². The fourth-order valence-electron chi connectivity index (χ4n) is 1.33. The number of benzene rings is 1. The summed E-state index contributed by atoms with van der Waals surface area (Å²) in [7, 11) is 3.18. The van der Waals surface area contributed by atoms with Crippen molar-refractivity contribution in [2.45, 2.75) is 6.42 Å². The van der Waals surface area contributed by atoms with Crippen LogP contribution in [0.2, 0.25) is 0 Å². The molecule has 0 aliphatic rings. The van der Waals surface area contributed by atoms with Crippen LogP contribution >= 0.6 is 0 Å². The van der Waals surface area contributed by atoms with Gasteiger partial charge in [-0.3, -0.25) is 4.99 Å². The highest BCUT2D eigenvalue weighted by Gasteiger charge is 2.05. The molecule has 0 atom stereocenters. The molecule has 1 rings (SSSR count). The minimum Gasteiger partial charge on any atom is -0.497 e. The molecule has 5 nitrogen and oxygen atoms in total. The molecule has 0 fully saturated rings. The normalized spacial score (nSPS) is 10.6. The van der Waals surface area contributed by atoms with Gasteiger partial charge in [-0.1, -0.05) is 0 Å². The molecule has 0 heterocycles. The lowest BCUT2D eigenvalue weighted by molar-refractivity contribution is 0.405. The molecule has 96 valence electrons. The van der Waals surface area contributed by atoms with Crippen molar-refractivity contribution in [2.75, 3.05) is 26.1 Å². The average Bonchev–Trinajstić information content (AvgIpc) is 2.39. The number of terminal acetylenes is 1. The number of hydrogen-bond donors (Lipinski definition) is 2. The molecular formula is C13H17N3O2. The number of nitrogens with one attached hydrogen (secondary N) is 1. The van der Waals surface area contributed by atoms with Gasteiger partial charge in [0.15, 0.2) is 5.96 Å². The van der Waals surface area contributed by atoms with Crippen molar-refractivity contribution in [3.63, 3.8) is 0 Å². The molecular weight excluding hydrogens is 230 g/mol. The zero-order valence-electron chi connectivity index (χ0n) is 10.6. The van der Waals surface area contributed by atoms with E-state index in [1.54, 1.807) is 32.4 Å². The van der Waals surface area contributed by atoms with E-state index in [0.29, 0.717) is 30.2 Å². The number of nitrogens with zero attached hydrogens (tertiary/aromatic N) is 1. The van der Waals surface area contributed by atoms with Crippen LogP contribution in [0.4, 0.5) is 5.69 Å². The highest BCUT2D eigenvalue weighted by atomic mass is 16.5. The van der Waals surface area contributed by atoms with Crippen LogP contribution in [0.1, 0.15) is 6.42 Å². The van der Waals surface area contributed by atoms with Crippen molar-refractivity contribution in [3.05, 3.63) is 18.2 Å².